The van der Waals surface area contributed by atoms with Gasteiger partial charge in [0.15, 0.2) is 0 Å². The van der Waals surface area contributed by atoms with Gasteiger partial charge in [0, 0.05) is 25.1 Å². The molecule has 1 amide bonds. The predicted molar refractivity (Wildman–Crippen MR) is 80.5 cm³/mol. The first-order chi connectivity index (χ1) is 10.6. The molecule has 1 aliphatic rings. The second-order valence-electron chi connectivity index (χ2n) is 5.81. The highest BCUT2D eigenvalue weighted by molar-refractivity contribution is 5.83. The van der Waals surface area contributed by atoms with Crippen LogP contribution in [-0.2, 0) is 16.0 Å². The van der Waals surface area contributed by atoms with E-state index in [1.54, 1.807) is 11.0 Å². The summed E-state index contributed by atoms with van der Waals surface area (Å²) in [6.07, 6.45) is 3.29. The number of hydrogen-bond donors (Lipinski definition) is 0. The fourth-order valence-corrected chi connectivity index (χ4v) is 2.59. The minimum atomic E-state index is -0.259. The Morgan fingerprint density at radius 3 is 2.73 bits per heavy atom. The maximum Gasteiger partial charge on any atom is 0.409 e. The Labute approximate surface area is 130 Å². The van der Waals surface area contributed by atoms with Gasteiger partial charge in [-0.25, -0.2) is 4.79 Å². The molecule has 2 heterocycles. The average molecular weight is 308 g/mol. The molecule has 0 N–H and O–H groups in total. The van der Waals surface area contributed by atoms with Crippen LogP contribution < -0.4 is 0 Å². The van der Waals surface area contributed by atoms with Gasteiger partial charge in [0.25, 0.3) is 0 Å². The van der Waals surface area contributed by atoms with Gasteiger partial charge in [-0.3, -0.25) is 4.79 Å². The number of rotatable bonds is 6. The highest BCUT2D eigenvalue weighted by atomic mass is 16.6. The number of aryl methyl sites for hydroxylation is 1. The van der Waals surface area contributed by atoms with Crippen molar-refractivity contribution in [3.8, 4) is 0 Å². The molecule has 1 aromatic heterocycles. The van der Waals surface area contributed by atoms with Crippen LogP contribution in [0.4, 0.5) is 4.79 Å². The van der Waals surface area contributed by atoms with Crippen molar-refractivity contribution in [2.75, 3.05) is 19.7 Å². The Kier molecular flexibility index (Phi) is 5.98. The second-order valence-corrected chi connectivity index (χ2v) is 5.81. The van der Waals surface area contributed by atoms with Gasteiger partial charge in [0.2, 0.25) is 0 Å². The summed E-state index contributed by atoms with van der Waals surface area (Å²) in [5.74, 6) is 0.768. The van der Waals surface area contributed by atoms with Crippen LogP contribution in [0.1, 0.15) is 44.1 Å². The Hall–Kier alpha value is -1.85. The molecule has 0 saturated carbocycles. The van der Waals surface area contributed by atoms with Crippen LogP contribution in [-0.4, -0.2) is 41.6 Å². The third-order valence-corrected chi connectivity index (χ3v) is 3.96. The van der Waals surface area contributed by atoms with Crippen LogP contribution in [0.15, 0.2) is 10.6 Å². The summed E-state index contributed by atoms with van der Waals surface area (Å²) in [6, 6.07) is 1.79. The van der Waals surface area contributed by atoms with Crippen molar-refractivity contribution in [3.63, 3.8) is 0 Å². The van der Waals surface area contributed by atoms with Crippen LogP contribution in [0, 0.1) is 12.8 Å². The minimum Gasteiger partial charge on any atom is -0.449 e. The molecule has 22 heavy (non-hydrogen) atoms. The van der Waals surface area contributed by atoms with Gasteiger partial charge in [-0.1, -0.05) is 18.5 Å². The van der Waals surface area contributed by atoms with Gasteiger partial charge in [0.05, 0.1) is 18.7 Å². The van der Waals surface area contributed by atoms with Crippen molar-refractivity contribution in [1.29, 1.82) is 0 Å². The Bertz CT molecular complexity index is 504. The topological polar surface area (TPSA) is 72.6 Å². The lowest BCUT2D eigenvalue weighted by Crippen LogP contribution is -2.40. The van der Waals surface area contributed by atoms with E-state index in [-0.39, 0.29) is 24.2 Å². The summed E-state index contributed by atoms with van der Waals surface area (Å²) >= 11 is 0. The number of unbranched alkanes of at least 4 members (excludes halogenated alkanes) is 1. The number of carbonyl (C=O) groups excluding carboxylic acids is 2. The lowest BCUT2D eigenvalue weighted by atomic mass is 9.90. The first kappa shape index (κ1) is 16.5. The number of nitrogens with zero attached hydrogens (tertiary/aromatic N) is 2. The molecule has 1 fully saturated rings. The number of hydrogen-bond acceptors (Lipinski definition) is 5. The molecule has 0 radical (unpaired) electrons. The van der Waals surface area contributed by atoms with E-state index in [4.69, 9.17) is 9.26 Å². The number of aromatic nitrogens is 1. The zero-order valence-electron chi connectivity index (χ0n) is 13.3. The summed E-state index contributed by atoms with van der Waals surface area (Å²) in [5, 5.41) is 3.79. The molecule has 0 unspecified atom stereocenters. The largest absolute Gasteiger partial charge is 0.449 e. The molecule has 0 bridgehead atoms. The first-order valence-corrected chi connectivity index (χ1v) is 7.96. The molecule has 1 saturated heterocycles. The first-order valence-electron chi connectivity index (χ1n) is 7.96. The average Bonchev–Trinajstić information content (AvgIpc) is 2.92. The minimum absolute atomic E-state index is 0.00917. The van der Waals surface area contributed by atoms with Crippen LogP contribution in [0.5, 0.6) is 0 Å². The molecule has 1 aromatic rings. The maximum atomic E-state index is 12.2. The van der Waals surface area contributed by atoms with Gasteiger partial charge < -0.3 is 14.2 Å². The number of piperidine rings is 1. The highest BCUT2D eigenvalue weighted by Gasteiger charge is 2.28. The number of ketones is 1. The van der Waals surface area contributed by atoms with E-state index in [1.807, 2.05) is 6.92 Å². The number of Topliss-reactive ketones (excluding diaryl/α,β-unsaturated/α-hetero) is 1. The molecule has 0 aromatic carbocycles. The van der Waals surface area contributed by atoms with Crippen molar-refractivity contribution >= 4 is 11.9 Å². The van der Waals surface area contributed by atoms with Gasteiger partial charge in [-0.05, 0) is 26.2 Å². The lowest BCUT2D eigenvalue weighted by molar-refractivity contribution is -0.123. The van der Waals surface area contributed by atoms with Crippen LogP contribution >= 0.6 is 0 Å². The van der Waals surface area contributed by atoms with Gasteiger partial charge in [-0.2, -0.15) is 0 Å². The van der Waals surface area contributed by atoms with E-state index in [2.05, 4.69) is 12.1 Å². The normalized spacial score (nSPS) is 15.8. The molecule has 0 atom stereocenters. The molecular weight excluding hydrogens is 284 g/mol. The van der Waals surface area contributed by atoms with Crippen molar-refractivity contribution in [1.82, 2.24) is 10.1 Å². The fourth-order valence-electron chi connectivity index (χ4n) is 2.59. The van der Waals surface area contributed by atoms with Crippen molar-refractivity contribution in [2.24, 2.45) is 5.92 Å². The zero-order chi connectivity index (χ0) is 15.9. The van der Waals surface area contributed by atoms with Gasteiger partial charge in [0.1, 0.15) is 11.5 Å². The summed E-state index contributed by atoms with van der Waals surface area (Å²) in [5.41, 5.74) is 0.785. The monoisotopic (exact) mass is 308 g/mol. The number of likely N-dealkylation sites (tertiary alicyclic amines) is 1. The lowest BCUT2D eigenvalue weighted by Gasteiger charge is -2.30. The van der Waals surface area contributed by atoms with E-state index < -0.39 is 0 Å². The number of ether oxygens (including phenoxy) is 1. The van der Waals surface area contributed by atoms with E-state index in [1.165, 1.54) is 0 Å². The number of carbonyl (C=O) groups is 2. The second kappa shape index (κ2) is 7.96. The molecular formula is C16H24N2O4. The molecule has 0 spiro atoms. The Morgan fingerprint density at radius 2 is 2.14 bits per heavy atom. The summed E-state index contributed by atoms with van der Waals surface area (Å²) in [7, 11) is 0. The summed E-state index contributed by atoms with van der Waals surface area (Å²) in [6.45, 7) is 5.52. The quantitative estimate of drug-likeness (QED) is 0.756. The van der Waals surface area contributed by atoms with Crippen molar-refractivity contribution in [2.45, 2.75) is 46.0 Å². The molecule has 122 valence electrons. The number of amides is 1. The van der Waals surface area contributed by atoms with Gasteiger partial charge >= 0.3 is 6.09 Å². The maximum absolute atomic E-state index is 12.2. The van der Waals surface area contributed by atoms with Crippen molar-refractivity contribution < 1.29 is 18.8 Å². The molecule has 6 heteroatoms. The smallest absolute Gasteiger partial charge is 0.409 e. The van der Waals surface area contributed by atoms with Crippen LogP contribution in [0.2, 0.25) is 0 Å². The van der Waals surface area contributed by atoms with E-state index in [0.29, 0.717) is 38.3 Å². The third kappa shape index (κ3) is 4.58. The van der Waals surface area contributed by atoms with E-state index >= 15 is 0 Å². The fraction of sp³-hybridized carbons (Fsp3) is 0.688. The van der Waals surface area contributed by atoms with E-state index in [0.717, 1.165) is 18.5 Å². The van der Waals surface area contributed by atoms with Crippen LogP contribution in [0.3, 0.4) is 0 Å². The highest BCUT2D eigenvalue weighted by Crippen LogP contribution is 2.20. The molecule has 2 rings (SSSR count). The Morgan fingerprint density at radius 1 is 1.41 bits per heavy atom. The molecule has 6 nitrogen and oxygen atoms in total. The van der Waals surface area contributed by atoms with E-state index in [9.17, 15) is 9.59 Å². The summed E-state index contributed by atoms with van der Waals surface area (Å²) < 4.78 is 10.3. The van der Waals surface area contributed by atoms with Crippen molar-refractivity contribution in [3.05, 3.63) is 17.5 Å². The SMILES string of the molecule is CCCCOC(=O)N1CCC(C(=O)Cc2cc(C)no2)CC1. The predicted octanol–water partition coefficient (Wildman–Crippen LogP) is 2.74. The Balaban J connectivity index is 1.74. The summed E-state index contributed by atoms with van der Waals surface area (Å²) in [4.78, 5) is 25.8. The molecule has 0 aliphatic carbocycles. The molecule has 1 aliphatic heterocycles. The standard InChI is InChI=1S/C16H24N2O4/c1-3-4-9-21-16(20)18-7-5-13(6-8-18)15(19)11-14-10-12(2)17-22-14/h10,13H,3-9,11H2,1-2H3. The third-order valence-electron chi connectivity index (χ3n) is 3.96. The van der Waals surface area contributed by atoms with Gasteiger partial charge in [-0.15, -0.1) is 0 Å². The van der Waals surface area contributed by atoms with Crippen LogP contribution in [0.25, 0.3) is 0 Å². The zero-order valence-corrected chi connectivity index (χ0v) is 13.3.